The molecule has 0 bridgehead atoms. The smallest absolute Gasteiger partial charge is 0.233 e. The van der Waals surface area contributed by atoms with Crippen LogP contribution in [-0.4, -0.2) is 76.1 Å². The normalized spacial score (nSPS) is 18.6. The van der Waals surface area contributed by atoms with Crippen LogP contribution in [-0.2, 0) is 16.0 Å². The van der Waals surface area contributed by atoms with Crippen LogP contribution in [0, 0.1) is 5.92 Å². The Balaban J connectivity index is 1.25. The van der Waals surface area contributed by atoms with Crippen molar-refractivity contribution in [3.05, 3.63) is 47.1 Å². The molecule has 2 fully saturated rings. The lowest BCUT2D eigenvalue weighted by atomic mass is 9.90. The fourth-order valence-corrected chi connectivity index (χ4v) is 6.35. The van der Waals surface area contributed by atoms with E-state index in [1.54, 1.807) is 6.07 Å². The van der Waals surface area contributed by atoms with E-state index in [9.17, 15) is 9.59 Å². The van der Waals surface area contributed by atoms with Crippen molar-refractivity contribution in [2.24, 2.45) is 5.92 Å². The zero-order chi connectivity index (χ0) is 26.9. The second-order valence-electron chi connectivity index (χ2n) is 10.5. The lowest BCUT2D eigenvalue weighted by Crippen LogP contribution is -2.54. The van der Waals surface area contributed by atoms with E-state index in [4.69, 9.17) is 16.6 Å². The first-order chi connectivity index (χ1) is 18.4. The van der Waals surface area contributed by atoms with Crippen molar-refractivity contribution in [2.45, 2.75) is 70.0 Å². The zero-order valence-corrected chi connectivity index (χ0v) is 24.2. The van der Waals surface area contributed by atoms with Crippen molar-refractivity contribution >= 4 is 41.0 Å². The third-order valence-corrected chi connectivity index (χ3v) is 8.61. The minimum Gasteiger partial charge on any atom is -0.353 e. The van der Waals surface area contributed by atoms with Gasteiger partial charge in [-0.1, -0.05) is 73.5 Å². The molecule has 2 aliphatic rings. The molecule has 0 spiro atoms. The van der Waals surface area contributed by atoms with Gasteiger partial charge in [0.15, 0.2) is 5.16 Å². The monoisotopic (exact) mass is 557 g/mol. The number of rotatable bonds is 10. The highest BCUT2D eigenvalue weighted by Gasteiger charge is 2.28. The molecule has 7 nitrogen and oxygen atoms in total. The fourth-order valence-electron chi connectivity index (χ4n) is 5.37. The van der Waals surface area contributed by atoms with E-state index < -0.39 is 0 Å². The third-order valence-electron chi connectivity index (χ3n) is 7.59. The van der Waals surface area contributed by atoms with Crippen molar-refractivity contribution in [1.29, 1.82) is 0 Å². The molecular formula is C29H40ClN5O2S. The number of anilines is 1. The van der Waals surface area contributed by atoms with E-state index in [0.717, 1.165) is 57.4 Å². The number of piperidine rings is 1. The van der Waals surface area contributed by atoms with E-state index >= 15 is 0 Å². The van der Waals surface area contributed by atoms with Crippen LogP contribution in [0.4, 0.5) is 5.82 Å². The Bertz CT molecular complexity index is 1060. The lowest BCUT2D eigenvalue weighted by molar-refractivity contribution is -0.133. The average Bonchev–Trinajstić information content (AvgIpc) is 2.92. The molecule has 0 saturated carbocycles. The van der Waals surface area contributed by atoms with Gasteiger partial charge in [0.25, 0.3) is 0 Å². The molecule has 2 aromatic rings. The zero-order valence-electron chi connectivity index (χ0n) is 22.6. The van der Waals surface area contributed by atoms with Gasteiger partial charge in [0.05, 0.1) is 5.75 Å². The number of nitrogens with zero attached hydrogens (tertiary/aromatic N) is 5. The molecule has 2 amide bonds. The van der Waals surface area contributed by atoms with Crippen LogP contribution in [0.1, 0.15) is 57.9 Å². The first-order valence-electron chi connectivity index (χ1n) is 14.0. The Morgan fingerprint density at radius 2 is 1.79 bits per heavy atom. The standard InChI is InChI=1S/C29H40ClN5O2S/c1-3-4-6-11-27(36)35-17-16-34(20-22(35)2)26-19-25(30)31-29(32-26)38-21-28(37)33-14-12-24(13-15-33)18-23-9-7-5-8-10-23/h5,7-10,19,22,24H,3-4,6,11-18,20-21H2,1-2H3. The summed E-state index contributed by atoms with van der Waals surface area (Å²) in [6.07, 6.45) is 6.94. The van der Waals surface area contributed by atoms with Crippen LogP contribution in [0.15, 0.2) is 41.6 Å². The molecule has 1 atom stereocenters. The molecule has 206 valence electrons. The number of hydrogen-bond acceptors (Lipinski definition) is 6. The minimum absolute atomic E-state index is 0.106. The molecule has 4 rings (SSSR count). The number of carbonyl (C=O) groups excluding carboxylic acids is 2. The number of piperazine rings is 1. The van der Waals surface area contributed by atoms with Gasteiger partial charge >= 0.3 is 0 Å². The van der Waals surface area contributed by atoms with E-state index in [1.165, 1.54) is 17.3 Å². The van der Waals surface area contributed by atoms with Crippen molar-refractivity contribution in [2.75, 3.05) is 43.4 Å². The summed E-state index contributed by atoms with van der Waals surface area (Å²) in [7, 11) is 0. The number of halogens is 1. The summed E-state index contributed by atoms with van der Waals surface area (Å²) in [6, 6.07) is 12.5. The summed E-state index contributed by atoms with van der Waals surface area (Å²) in [5, 5.41) is 0.892. The van der Waals surface area contributed by atoms with Gasteiger partial charge in [0, 0.05) is 51.3 Å². The first-order valence-corrected chi connectivity index (χ1v) is 15.3. The molecule has 2 saturated heterocycles. The highest BCUT2D eigenvalue weighted by Crippen LogP contribution is 2.26. The van der Waals surface area contributed by atoms with Gasteiger partial charge in [-0.25, -0.2) is 9.97 Å². The maximum atomic E-state index is 12.9. The van der Waals surface area contributed by atoms with E-state index in [0.29, 0.717) is 48.0 Å². The highest BCUT2D eigenvalue weighted by molar-refractivity contribution is 7.99. The molecule has 38 heavy (non-hydrogen) atoms. The molecule has 3 heterocycles. The number of hydrogen-bond donors (Lipinski definition) is 0. The van der Waals surface area contributed by atoms with Gasteiger partial charge in [0.2, 0.25) is 11.8 Å². The first kappa shape index (κ1) is 28.7. The molecule has 9 heteroatoms. The van der Waals surface area contributed by atoms with Crippen molar-refractivity contribution in [1.82, 2.24) is 19.8 Å². The van der Waals surface area contributed by atoms with Crippen LogP contribution >= 0.6 is 23.4 Å². The van der Waals surface area contributed by atoms with Crippen LogP contribution < -0.4 is 4.90 Å². The lowest BCUT2D eigenvalue weighted by Gasteiger charge is -2.40. The summed E-state index contributed by atoms with van der Waals surface area (Å²) in [5.74, 6) is 2.06. The number of aromatic nitrogens is 2. The van der Waals surface area contributed by atoms with E-state index in [-0.39, 0.29) is 17.9 Å². The van der Waals surface area contributed by atoms with Crippen LogP contribution in [0.2, 0.25) is 5.15 Å². The number of thioether (sulfide) groups is 1. The van der Waals surface area contributed by atoms with Gasteiger partial charge in [-0.05, 0) is 44.1 Å². The molecule has 0 aliphatic carbocycles. The Morgan fingerprint density at radius 1 is 1.03 bits per heavy atom. The van der Waals surface area contributed by atoms with Gasteiger partial charge in [-0.3, -0.25) is 9.59 Å². The number of amides is 2. The van der Waals surface area contributed by atoms with Crippen LogP contribution in [0.25, 0.3) is 0 Å². The fraction of sp³-hybridized carbons (Fsp3) is 0.586. The van der Waals surface area contributed by atoms with Gasteiger partial charge in [0.1, 0.15) is 11.0 Å². The maximum Gasteiger partial charge on any atom is 0.233 e. The molecule has 1 aromatic carbocycles. The number of likely N-dealkylation sites (tertiary alicyclic amines) is 1. The summed E-state index contributed by atoms with van der Waals surface area (Å²) >= 11 is 7.70. The van der Waals surface area contributed by atoms with Gasteiger partial charge in [-0.2, -0.15) is 0 Å². The Labute approximate surface area is 236 Å². The predicted molar refractivity (Wildman–Crippen MR) is 155 cm³/mol. The maximum absolute atomic E-state index is 12.9. The summed E-state index contributed by atoms with van der Waals surface area (Å²) < 4.78 is 0. The van der Waals surface area contributed by atoms with Crippen molar-refractivity contribution < 1.29 is 9.59 Å². The van der Waals surface area contributed by atoms with Crippen molar-refractivity contribution in [3.63, 3.8) is 0 Å². The van der Waals surface area contributed by atoms with Crippen molar-refractivity contribution in [3.8, 4) is 0 Å². The molecule has 2 aliphatic heterocycles. The molecular weight excluding hydrogens is 518 g/mol. The topological polar surface area (TPSA) is 69.6 Å². The molecule has 0 N–H and O–H groups in total. The van der Waals surface area contributed by atoms with Gasteiger partial charge < -0.3 is 14.7 Å². The van der Waals surface area contributed by atoms with Crippen LogP contribution in [0.5, 0.6) is 0 Å². The minimum atomic E-state index is 0.106. The summed E-state index contributed by atoms with van der Waals surface area (Å²) in [5.41, 5.74) is 1.37. The Morgan fingerprint density at radius 3 is 2.50 bits per heavy atom. The SMILES string of the molecule is CCCCCC(=O)N1CCN(c2cc(Cl)nc(SCC(=O)N3CCC(Cc4ccccc4)CC3)n2)CC1C. The molecule has 1 aromatic heterocycles. The number of benzene rings is 1. The molecule has 0 radical (unpaired) electrons. The van der Waals surface area contributed by atoms with E-state index in [1.807, 2.05) is 15.9 Å². The van der Waals surface area contributed by atoms with E-state index in [2.05, 4.69) is 48.0 Å². The average molecular weight is 558 g/mol. The van der Waals surface area contributed by atoms with Crippen LogP contribution in [0.3, 0.4) is 0 Å². The Kier molecular flexibility index (Phi) is 10.7. The number of carbonyl (C=O) groups is 2. The molecule has 1 unspecified atom stereocenters. The third kappa shape index (κ3) is 8.09. The largest absolute Gasteiger partial charge is 0.353 e. The number of unbranched alkanes of at least 4 members (excludes halogenated alkanes) is 2. The summed E-state index contributed by atoms with van der Waals surface area (Å²) in [6.45, 7) is 7.93. The predicted octanol–water partition coefficient (Wildman–Crippen LogP) is 5.32. The van der Waals surface area contributed by atoms with Gasteiger partial charge in [-0.15, -0.1) is 0 Å². The highest BCUT2D eigenvalue weighted by atomic mass is 35.5. The second-order valence-corrected chi connectivity index (χ2v) is 11.8. The quantitative estimate of drug-likeness (QED) is 0.170. The Hall–Kier alpha value is -2.32. The second kappa shape index (κ2) is 14.2. The summed E-state index contributed by atoms with van der Waals surface area (Å²) in [4.78, 5) is 40.8.